The van der Waals surface area contributed by atoms with Crippen molar-refractivity contribution in [3.8, 4) is 0 Å². The molecule has 1 fully saturated rings. The topological polar surface area (TPSA) is 116 Å². The lowest BCUT2D eigenvalue weighted by Crippen LogP contribution is -2.54. The molecule has 1 aliphatic heterocycles. The van der Waals surface area contributed by atoms with Crippen LogP contribution in [0.25, 0.3) is 0 Å². The second-order valence-electron chi connectivity index (χ2n) is 5.13. The number of hydrogen-bond donors (Lipinski definition) is 4. The number of rotatable bonds is 5. The van der Waals surface area contributed by atoms with Crippen LogP contribution in [0.2, 0.25) is 0 Å². The van der Waals surface area contributed by atoms with E-state index >= 15 is 0 Å². The number of imidazole rings is 1. The first-order chi connectivity index (χ1) is 9.48. The Morgan fingerprint density at radius 2 is 2.45 bits per heavy atom. The highest BCUT2D eigenvalue weighted by atomic mass is 16.5. The molecule has 110 valence electrons. The zero-order chi connectivity index (χ0) is 14.6. The van der Waals surface area contributed by atoms with Crippen molar-refractivity contribution in [2.75, 3.05) is 13.2 Å². The maximum Gasteiger partial charge on any atom is 0.326 e. The molecule has 1 saturated heterocycles. The fourth-order valence-corrected chi connectivity index (χ4v) is 2.05. The predicted molar refractivity (Wildman–Crippen MR) is 69.2 cm³/mol. The number of urea groups is 1. The summed E-state index contributed by atoms with van der Waals surface area (Å²) in [5.41, 5.74) is 0.203. The number of hydrogen-bond acceptors (Lipinski definition) is 4. The average molecular weight is 282 g/mol. The van der Waals surface area contributed by atoms with Gasteiger partial charge in [-0.1, -0.05) is 0 Å². The normalized spacial score (nSPS) is 23.2. The lowest BCUT2D eigenvalue weighted by Gasteiger charge is -2.25. The molecule has 2 rings (SSSR count). The Bertz CT molecular complexity index is 468. The maximum atomic E-state index is 11.9. The molecule has 0 spiro atoms. The van der Waals surface area contributed by atoms with Gasteiger partial charge in [0.05, 0.1) is 18.5 Å². The van der Waals surface area contributed by atoms with Crippen LogP contribution in [0, 0.1) is 0 Å². The molecule has 1 unspecified atom stereocenters. The zero-order valence-electron chi connectivity index (χ0n) is 11.2. The molecule has 0 aliphatic carbocycles. The number of ether oxygens (including phenoxy) is 1. The number of H-pyrrole nitrogens is 1. The van der Waals surface area contributed by atoms with Crippen molar-refractivity contribution in [3.05, 3.63) is 18.2 Å². The maximum absolute atomic E-state index is 11.9. The van der Waals surface area contributed by atoms with Gasteiger partial charge in [0, 0.05) is 24.9 Å². The molecule has 1 aromatic heterocycles. The lowest BCUT2D eigenvalue weighted by atomic mass is 10.0. The number of amides is 2. The van der Waals surface area contributed by atoms with E-state index in [1.165, 1.54) is 12.5 Å². The van der Waals surface area contributed by atoms with Gasteiger partial charge < -0.3 is 25.5 Å². The molecule has 0 radical (unpaired) electrons. The van der Waals surface area contributed by atoms with E-state index in [2.05, 4.69) is 20.6 Å². The van der Waals surface area contributed by atoms with Crippen LogP contribution in [0.1, 0.15) is 19.0 Å². The van der Waals surface area contributed by atoms with Crippen LogP contribution in [0.3, 0.4) is 0 Å². The fourth-order valence-electron chi connectivity index (χ4n) is 2.05. The van der Waals surface area contributed by atoms with Gasteiger partial charge in [-0.15, -0.1) is 0 Å². The molecule has 0 aromatic carbocycles. The number of carboxylic acid groups (broad SMARTS) is 1. The first kappa shape index (κ1) is 14.3. The monoisotopic (exact) mass is 282 g/mol. The van der Waals surface area contributed by atoms with Crippen molar-refractivity contribution < 1.29 is 19.4 Å². The van der Waals surface area contributed by atoms with Gasteiger partial charge in [0.1, 0.15) is 6.04 Å². The molecule has 20 heavy (non-hydrogen) atoms. The van der Waals surface area contributed by atoms with Gasteiger partial charge in [-0.25, -0.2) is 14.6 Å². The Balaban J connectivity index is 1.90. The number of carbonyl (C=O) groups excluding carboxylic acids is 1. The third kappa shape index (κ3) is 3.70. The molecule has 8 nitrogen and oxygen atoms in total. The third-order valence-corrected chi connectivity index (χ3v) is 3.22. The molecule has 2 amide bonds. The minimum Gasteiger partial charge on any atom is -0.480 e. The van der Waals surface area contributed by atoms with Gasteiger partial charge >= 0.3 is 12.0 Å². The molecule has 0 bridgehead atoms. The van der Waals surface area contributed by atoms with Gasteiger partial charge in [0.15, 0.2) is 0 Å². The highest BCUT2D eigenvalue weighted by Gasteiger charge is 2.32. The molecule has 8 heteroatoms. The van der Waals surface area contributed by atoms with E-state index in [4.69, 9.17) is 9.84 Å². The number of carboxylic acids is 1. The van der Waals surface area contributed by atoms with E-state index in [-0.39, 0.29) is 6.42 Å². The van der Waals surface area contributed by atoms with Crippen LogP contribution in [0.4, 0.5) is 4.79 Å². The van der Waals surface area contributed by atoms with Crippen molar-refractivity contribution in [1.29, 1.82) is 0 Å². The lowest BCUT2D eigenvalue weighted by molar-refractivity contribution is -0.139. The van der Waals surface area contributed by atoms with E-state index in [9.17, 15) is 9.59 Å². The smallest absolute Gasteiger partial charge is 0.326 e. The van der Waals surface area contributed by atoms with E-state index < -0.39 is 23.6 Å². The van der Waals surface area contributed by atoms with Crippen LogP contribution in [0.5, 0.6) is 0 Å². The third-order valence-electron chi connectivity index (χ3n) is 3.22. The van der Waals surface area contributed by atoms with E-state index in [1.54, 1.807) is 0 Å². The number of aliphatic carboxylic acids is 1. The van der Waals surface area contributed by atoms with Crippen molar-refractivity contribution >= 4 is 12.0 Å². The Morgan fingerprint density at radius 3 is 3.00 bits per heavy atom. The van der Waals surface area contributed by atoms with Gasteiger partial charge in [-0.2, -0.15) is 0 Å². The summed E-state index contributed by atoms with van der Waals surface area (Å²) in [6.07, 6.45) is 3.85. The van der Waals surface area contributed by atoms with Gasteiger partial charge in [-0.05, 0) is 13.3 Å². The second-order valence-corrected chi connectivity index (χ2v) is 5.13. The Kier molecular flexibility index (Phi) is 4.23. The quantitative estimate of drug-likeness (QED) is 0.601. The van der Waals surface area contributed by atoms with Crippen LogP contribution < -0.4 is 10.6 Å². The summed E-state index contributed by atoms with van der Waals surface area (Å²) >= 11 is 0. The number of aromatic amines is 1. The number of carbonyl (C=O) groups is 2. The molecule has 1 aliphatic rings. The summed E-state index contributed by atoms with van der Waals surface area (Å²) in [4.78, 5) is 29.7. The summed E-state index contributed by atoms with van der Waals surface area (Å²) in [5, 5.41) is 14.4. The van der Waals surface area contributed by atoms with Crippen molar-refractivity contribution in [3.63, 3.8) is 0 Å². The van der Waals surface area contributed by atoms with Gasteiger partial charge in [0.2, 0.25) is 0 Å². The average Bonchev–Trinajstić information content (AvgIpc) is 3.00. The summed E-state index contributed by atoms with van der Waals surface area (Å²) in [6, 6.07) is -1.52. The fraction of sp³-hybridized carbons (Fsp3) is 0.583. The van der Waals surface area contributed by atoms with Crippen LogP contribution in [-0.2, 0) is 16.0 Å². The van der Waals surface area contributed by atoms with Crippen LogP contribution in [-0.4, -0.2) is 51.9 Å². The minimum atomic E-state index is -1.09. The summed E-state index contributed by atoms with van der Waals surface area (Å²) in [7, 11) is 0. The highest BCUT2D eigenvalue weighted by Crippen LogP contribution is 2.17. The minimum absolute atomic E-state index is 0.149. The molecule has 0 saturated carbocycles. The molecule has 2 heterocycles. The first-order valence-corrected chi connectivity index (χ1v) is 6.35. The van der Waals surface area contributed by atoms with Crippen molar-refractivity contribution in [2.45, 2.75) is 31.3 Å². The zero-order valence-corrected chi connectivity index (χ0v) is 11.2. The SMILES string of the molecule is CC1(NC(=O)N[C@@H](Cc2cnc[nH]2)C(=O)O)CCOC1. The largest absolute Gasteiger partial charge is 0.480 e. The van der Waals surface area contributed by atoms with Crippen LogP contribution in [0.15, 0.2) is 12.5 Å². The first-order valence-electron chi connectivity index (χ1n) is 6.35. The second kappa shape index (κ2) is 5.91. The van der Waals surface area contributed by atoms with Crippen molar-refractivity contribution in [2.24, 2.45) is 0 Å². The molecule has 4 N–H and O–H groups in total. The Labute approximate surface area is 115 Å². The van der Waals surface area contributed by atoms with Crippen LogP contribution >= 0.6 is 0 Å². The summed E-state index contributed by atoms with van der Waals surface area (Å²) < 4.78 is 5.23. The van der Waals surface area contributed by atoms with Gasteiger partial charge in [-0.3, -0.25) is 0 Å². The van der Waals surface area contributed by atoms with E-state index in [0.29, 0.717) is 25.3 Å². The number of nitrogens with one attached hydrogen (secondary N) is 3. The Morgan fingerprint density at radius 1 is 1.65 bits per heavy atom. The van der Waals surface area contributed by atoms with Gasteiger partial charge in [0.25, 0.3) is 0 Å². The number of aromatic nitrogens is 2. The molecule has 2 atom stereocenters. The van der Waals surface area contributed by atoms with E-state index in [1.807, 2.05) is 6.92 Å². The molecular formula is C12H18N4O4. The number of nitrogens with zero attached hydrogens (tertiary/aromatic N) is 1. The van der Waals surface area contributed by atoms with Crippen molar-refractivity contribution in [1.82, 2.24) is 20.6 Å². The molecular weight excluding hydrogens is 264 g/mol. The Hall–Kier alpha value is -2.09. The molecule has 1 aromatic rings. The summed E-state index contributed by atoms with van der Waals surface area (Å²) in [6.45, 7) is 2.89. The summed E-state index contributed by atoms with van der Waals surface area (Å²) in [5.74, 6) is -1.09. The van der Waals surface area contributed by atoms with E-state index in [0.717, 1.165) is 0 Å². The highest BCUT2D eigenvalue weighted by molar-refractivity contribution is 5.83. The predicted octanol–water partition coefficient (Wildman–Crippen LogP) is -0.116. The standard InChI is InChI=1S/C12H18N4O4/c1-12(2-3-20-6-12)16-11(19)15-9(10(17)18)4-8-5-13-7-14-8/h5,7,9H,2-4,6H2,1H3,(H,13,14)(H,17,18)(H2,15,16,19)/t9-,12?/m0/s1.